The number of aliphatic hydroxyl groups is 2. The summed E-state index contributed by atoms with van der Waals surface area (Å²) in [5.41, 5.74) is 5.15. The fraction of sp³-hybridized carbons (Fsp3) is 0.737. The number of primary amides is 1. The molecule has 0 aliphatic carbocycles. The Balaban J connectivity index is 2.69. The number of β-amino-alcohol motifs (C(OH)–C–C–N with tert-alkyl or cyclic N) is 1. The van der Waals surface area contributed by atoms with Crippen LogP contribution in [-0.2, 0) is 24.0 Å². The lowest BCUT2D eigenvalue weighted by Gasteiger charge is -2.25. The number of carbonyl (C=O) groups excluding carboxylic acids is 4. The van der Waals surface area contributed by atoms with Gasteiger partial charge in [-0.3, -0.25) is 29.3 Å². The number of hydrogen-bond donors (Lipinski definition) is 9. The highest BCUT2D eigenvalue weighted by Gasteiger charge is 2.29. The van der Waals surface area contributed by atoms with Crippen LogP contribution in [0.25, 0.3) is 0 Å². The summed E-state index contributed by atoms with van der Waals surface area (Å²) in [6.45, 7) is 1.19. The van der Waals surface area contributed by atoms with Gasteiger partial charge < -0.3 is 42.3 Å². The standard InChI is InChI=1S/C19H34N6O8/c1-2-3-11(17(31)23-9-16(29)30)25-19(33)12(4-5-14(20)27)24-15(28)8-22-18(32)13-6-10(26)7-21-13/h10-13,15,21,24,26,28H,2-9H2,1H3,(H2,20,27)(H,22,32)(H,23,31)(H,25,33)(H,29,30)/t10-,11-,12-,13+,15?/m1/s1. The summed E-state index contributed by atoms with van der Waals surface area (Å²) in [6, 6.07) is -2.74. The van der Waals surface area contributed by atoms with Crippen molar-refractivity contribution in [2.75, 3.05) is 19.6 Å². The Morgan fingerprint density at radius 3 is 2.33 bits per heavy atom. The highest BCUT2D eigenvalue weighted by molar-refractivity contribution is 5.91. The largest absolute Gasteiger partial charge is 0.480 e. The van der Waals surface area contributed by atoms with Gasteiger partial charge in [0.1, 0.15) is 18.8 Å². The maximum absolute atomic E-state index is 12.7. The van der Waals surface area contributed by atoms with Crippen LogP contribution in [0.3, 0.4) is 0 Å². The van der Waals surface area contributed by atoms with E-state index in [2.05, 4.69) is 26.6 Å². The Morgan fingerprint density at radius 1 is 1.09 bits per heavy atom. The van der Waals surface area contributed by atoms with Crippen LogP contribution in [0.1, 0.15) is 39.0 Å². The van der Waals surface area contributed by atoms with E-state index in [1.54, 1.807) is 6.92 Å². The molecule has 0 saturated carbocycles. The van der Waals surface area contributed by atoms with E-state index in [1.807, 2.05) is 0 Å². The van der Waals surface area contributed by atoms with Gasteiger partial charge in [0.2, 0.25) is 23.6 Å². The van der Waals surface area contributed by atoms with E-state index in [-0.39, 0.29) is 38.8 Å². The van der Waals surface area contributed by atoms with Crippen molar-refractivity contribution in [3.63, 3.8) is 0 Å². The van der Waals surface area contributed by atoms with Gasteiger partial charge in [0, 0.05) is 13.0 Å². The third-order valence-electron chi connectivity index (χ3n) is 4.91. The molecular weight excluding hydrogens is 440 g/mol. The third-order valence-corrected chi connectivity index (χ3v) is 4.91. The summed E-state index contributed by atoms with van der Waals surface area (Å²) in [7, 11) is 0. The average molecular weight is 475 g/mol. The molecule has 1 unspecified atom stereocenters. The predicted octanol–water partition coefficient (Wildman–Crippen LogP) is -4.15. The third kappa shape index (κ3) is 11.1. The molecule has 5 atom stereocenters. The second-order valence-corrected chi connectivity index (χ2v) is 7.80. The smallest absolute Gasteiger partial charge is 0.322 e. The van der Waals surface area contributed by atoms with E-state index in [4.69, 9.17) is 10.8 Å². The van der Waals surface area contributed by atoms with Crippen LogP contribution < -0.4 is 32.3 Å². The maximum atomic E-state index is 12.7. The summed E-state index contributed by atoms with van der Waals surface area (Å²) in [5, 5.41) is 41.0. The van der Waals surface area contributed by atoms with Crippen molar-refractivity contribution in [2.24, 2.45) is 5.73 Å². The second-order valence-electron chi connectivity index (χ2n) is 7.80. The molecule has 0 aromatic carbocycles. The molecule has 188 valence electrons. The SMILES string of the molecule is CCC[C@@H](NC(=O)[C@@H](CCC(N)=O)NC(O)CNC(=O)[C@@H]1C[C@@H](O)CN1)C(=O)NCC(=O)O. The van der Waals surface area contributed by atoms with Gasteiger partial charge in [-0.2, -0.15) is 0 Å². The molecular formula is C19H34N6O8. The maximum Gasteiger partial charge on any atom is 0.322 e. The van der Waals surface area contributed by atoms with E-state index in [9.17, 15) is 34.2 Å². The van der Waals surface area contributed by atoms with E-state index in [1.165, 1.54) is 0 Å². The minimum absolute atomic E-state index is 0.0852. The number of carboxylic acids is 1. The van der Waals surface area contributed by atoms with Gasteiger partial charge in [-0.15, -0.1) is 0 Å². The summed E-state index contributed by atoms with van der Waals surface area (Å²) < 4.78 is 0. The molecule has 0 radical (unpaired) electrons. The minimum atomic E-state index is -1.37. The Kier molecular flexibility index (Phi) is 12.3. The monoisotopic (exact) mass is 474 g/mol. The first-order chi connectivity index (χ1) is 15.5. The molecule has 1 heterocycles. The van der Waals surface area contributed by atoms with Gasteiger partial charge in [-0.05, 0) is 19.3 Å². The number of carbonyl (C=O) groups is 5. The molecule has 1 aliphatic rings. The molecule has 0 aromatic rings. The van der Waals surface area contributed by atoms with Crippen molar-refractivity contribution in [2.45, 2.75) is 69.5 Å². The highest BCUT2D eigenvalue weighted by Crippen LogP contribution is 2.06. The zero-order valence-corrected chi connectivity index (χ0v) is 18.5. The number of nitrogens with one attached hydrogen (secondary N) is 5. The van der Waals surface area contributed by atoms with Gasteiger partial charge in [0.25, 0.3) is 0 Å². The van der Waals surface area contributed by atoms with Crippen molar-refractivity contribution in [1.82, 2.24) is 26.6 Å². The van der Waals surface area contributed by atoms with Crippen LogP contribution in [0.2, 0.25) is 0 Å². The lowest BCUT2D eigenvalue weighted by molar-refractivity contribution is -0.138. The predicted molar refractivity (Wildman–Crippen MR) is 114 cm³/mol. The van der Waals surface area contributed by atoms with Crippen molar-refractivity contribution >= 4 is 29.6 Å². The number of amides is 4. The second kappa shape index (κ2) is 14.4. The van der Waals surface area contributed by atoms with Crippen LogP contribution in [-0.4, -0.2) is 95.0 Å². The zero-order valence-electron chi connectivity index (χ0n) is 18.5. The minimum Gasteiger partial charge on any atom is -0.480 e. The molecule has 10 N–H and O–H groups in total. The fourth-order valence-electron chi connectivity index (χ4n) is 3.22. The Hall–Kier alpha value is -2.81. The zero-order chi connectivity index (χ0) is 25.0. The molecule has 1 aliphatic heterocycles. The van der Waals surface area contributed by atoms with Gasteiger partial charge >= 0.3 is 5.97 Å². The molecule has 14 heteroatoms. The van der Waals surface area contributed by atoms with Crippen LogP contribution in [0.5, 0.6) is 0 Å². The first-order valence-electron chi connectivity index (χ1n) is 10.7. The molecule has 1 rings (SSSR count). The number of hydrogen-bond acceptors (Lipinski definition) is 9. The number of aliphatic carboxylic acids is 1. The molecule has 14 nitrogen and oxygen atoms in total. The summed E-state index contributed by atoms with van der Waals surface area (Å²) in [6.07, 6.45) is -1.27. The van der Waals surface area contributed by atoms with Gasteiger partial charge in [0.15, 0.2) is 0 Å². The Morgan fingerprint density at radius 2 is 1.79 bits per heavy atom. The summed E-state index contributed by atoms with van der Waals surface area (Å²) >= 11 is 0. The lowest BCUT2D eigenvalue weighted by Crippen LogP contribution is -2.56. The highest BCUT2D eigenvalue weighted by atomic mass is 16.4. The Labute approximate surface area is 191 Å². The number of nitrogens with two attached hydrogens (primary N) is 1. The van der Waals surface area contributed by atoms with Crippen LogP contribution >= 0.6 is 0 Å². The van der Waals surface area contributed by atoms with Crippen LogP contribution in [0.15, 0.2) is 0 Å². The van der Waals surface area contributed by atoms with Gasteiger partial charge in [-0.1, -0.05) is 13.3 Å². The molecule has 33 heavy (non-hydrogen) atoms. The number of rotatable bonds is 15. The summed E-state index contributed by atoms with van der Waals surface area (Å²) in [5.74, 6) is -3.72. The van der Waals surface area contributed by atoms with Crippen molar-refractivity contribution in [1.29, 1.82) is 0 Å². The van der Waals surface area contributed by atoms with Gasteiger partial charge in [-0.25, -0.2) is 0 Å². The number of carboxylic acid groups (broad SMARTS) is 1. The van der Waals surface area contributed by atoms with Crippen molar-refractivity contribution in [3.8, 4) is 0 Å². The molecule has 0 aromatic heterocycles. The first kappa shape index (κ1) is 28.2. The van der Waals surface area contributed by atoms with E-state index in [0.29, 0.717) is 6.42 Å². The first-order valence-corrected chi connectivity index (χ1v) is 10.7. The fourth-order valence-corrected chi connectivity index (χ4v) is 3.22. The van der Waals surface area contributed by atoms with E-state index >= 15 is 0 Å². The number of aliphatic hydroxyl groups excluding tert-OH is 2. The normalized spacial score (nSPS) is 20.3. The molecule has 1 saturated heterocycles. The quantitative estimate of drug-likeness (QED) is 0.104. The average Bonchev–Trinajstić information content (AvgIpc) is 3.18. The molecule has 0 spiro atoms. The van der Waals surface area contributed by atoms with Crippen LogP contribution in [0, 0.1) is 0 Å². The molecule has 1 fully saturated rings. The summed E-state index contributed by atoms with van der Waals surface area (Å²) in [4.78, 5) is 58.9. The van der Waals surface area contributed by atoms with Gasteiger partial charge in [0.05, 0.1) is 24.7 Å². The topological polar surface area (TPSA) is 232 Å². The molecule has 4 amide bonds. The van der Waals surface area contributed by atoms with Crippen molar-refractivity contribution < 1.29 is 39.3 Å². The van der Waals surface area contributed by atoms with Crippen molar-refractivity contribution in [3.05, 3.63) is 0 Å². The van der Waals surface area contributed by atoms with E-state index < -0.39 is 66.6 Å². The van der Waals surface area contributed by atoms with E-state index in [0.717, 1.165) is 0 Å². The lowest BCUT2D eigenvalue weighted by atomic mass is 10.1. The Bertz CT molecular complexity index is 706. The van der Waals surface area contributed by atoms with Crippen LogP contribution in [0.4, 0.5) is 0 Å². The molecule has 0 bridgehead atoms.